The Labute approximate surface area is 58.8 Å². The second-order valence-electron chi connectivity index (χ2n) is 1.28. The van der Waals surface area contributed by atoms with Crippen LogP contribution in [-0.4, -0.2) is 4.57 Å². The average Bonchev–Trinajstić information content (AvgIpc) is 2.23. The zero-order chi connectivity index (χ0) is 7.28. The van der Waals surface area contributed by atoms with E-state index in [9.17, 15) is 4.79 Å². The Morgan fingerprint density at radius 3 is 2.22 bits per heavy atom. The van der Waals surface area contributed by atoms with Gasteiger partial charge in [-0.1, -0.05) is 25.2 Å². The van der Waals surface area contributed by atoms with E-state index in [2.05, 4.69) is 0 Å². The zero-order valence-corrected chi connectivity index (χ0v) is 6.73. The van der Waals surface area contributed by atoms with Crippen LogP contribution in [0, 0.1) is 0 Å². The van der Waals surface area contributed by atoms with Crippen molar-refractivity contribution in [3.63, 3.8) is 0 Å². The van der Waals surface area contributed by atoms with E-state index < -0.39 is 0 Å². The van der Waals surface area contributed by atoms with Crippen LogP contribution in [-0.2, 0) is 7.05 Å². The highest BCUT2D eigenvalue weighted by atomic mass is 32.1. The summed E-state index contributed by atoms with van der Waals surface area (Å²) in [7, 11) is 1.73. The first-order valence-corrected chi connectivity index (χ1v) is 3.79. The van der Waals surface area contributed by atoms with Crippen LogP contribution < -0.4 is 4.87 Å². The summed E-state index contributed by atoms with van der Waals surface area (Å²) in [5, 5.41) is 1.77. The lowest BCUT2D eigenvalue weighted by molar-refractivity contribution is 0.897. The molecule has 0 atom stereocenters. The smallest absolute Gasteiger partial charge is 0.306 e. The van der Waals surface area contributed by atoms with Gasteiger partial charge in [-0.25, -0.2) is 0 Å². The molecule has 1 rings (SSSR count). The number of rotatable bonds is 0. The molecule has 0 saturated carbocycles. The maximum absolute atomic E-state index is 10.4. The Hall–Kier alpha value is -0.570. The number of nitrogens with zero attached hydrogens (tertiary/aromatic N) is 1. The van der Waals surface area contributed by atoms with Gasteiger partial charge in [0.05, 0.1) is 0 Å². The highest BCUT2D eigenvalue weighted by Crippen LogP contribution is 1.82. The van der Waals surface area contributed by atoms with Gasteiger partial charge in [0.25, 0.3) is 0 Å². The molecule has 2 nitrogen and oxygen atoms in total. The van der Waals surface area contributed by atoms with Crippen molar-refractivity contribution in [3.8, 4) is 0 Å². The summed E-state index contributed by atoms with van der Waals surface area (Å²) >= 11 is 1.21. The van der Waals surface area contributed by atoms with Crippen LogP contribution in [0.5, 0.6) is 0 Å². The van der Waals surface area contributed by atoms with Gasteiger partial charge >= 0.3 is 4.87 Å². The first kappa shape index (κ1) is 8.43. The Kier molecular flexibility index (Phi) is 4.05. The second-order valence-corrected chi connectivity index (χ2v) is 2.14. The molecule has 0 saturated heterocycles. The van der Waals surface area contributed by atoms with E-state index in [0.29, 0.717) is 0 Å². The van der Waals surface area contributed by atoms with Gasteiger partial charge in [0.1, 0.15) is 0 Å². The van der Waals surface area contributed by atoms with Crippen LogP contribution in [0.4, 0.5) is 0 Å². The predicted octanol–water partition coefficient (Wildman–Crippen LogP) is 1.47. The molecule has 1 aromatic rings. The van der Waals surface area contributed by atoms with Gasteiger partial charge in [0, 0.05) is 18.6 Å². The molecular formula is C6H11NOS. The van der Waals surface area contributed by atoms with Crippen LogP contribution in [0.15, 0.2) is 16.4 Å². The highest BCUT2D eigenvalue weighted by Gasteiger charge is 1.82. The maximum Gasteiger partial charge on any atom is 0.306 e. The van der Waals surface area contributed by atoms with Crippen LogP contribution >= 0.6 is 11.3 Å². The fraction of sp³-hybridized carbons (Fsp3) is 0.500. The van der Waals surface area contributed by atoms with Crippen molar-refractivity contribution in [2.45, 2.75) is 13.8 Å². The van der Waals surface area contributed by atoms with E-state index in [-0.39, 0.29) is 4.87 Å². The van der Waals surface area contributed by atoms with Crippen LogP contribution in [0.3, 0.4) is 0 Å². The molecule has 0 radical (unpaired) electrons. The van der Waals surface area contributed by atoms with E-state index in [1.165, 1.54) is 11.3 Å². The SMILES string of the molecule is CC.Cn1ccsc1=O. The van der Waals surface area contributed by atoms with Crippen LogP contribution in [0.1, 0.15) is 13.8 Å². The number of aromatic nitrogens is 1. The molecule has 52 valence electrons. The quantitative estimate of drug-likeness (QED) is 0.542. The molecule has 1 aromatic heterocycles. The summed E-state index contributed by atoms with van der Waals surface area (Å²) in [5.41, 5.74) is 0. The molecule has 9 heavy (non-hydrogen) atoms. The van der Waals surface area contributed by atoms with E-state index in [1.54, 1.807) is 23.2 Å². The van der Waals surface area contributed by atoms with Gasteiger partial charge in [-0.3, -0.25) is 4.79 Å². The minimum atomic E-state index is 0.0972. The zero-order valence-electron chi connectivity index (χ0n) is 5.92. The standard InChI is InChI=1S/C4H5NOS.C2H6/c1-5-2-3-7-4(5)6;1-2/h2-3H,1H3;1-2H3. The summed E-state index contributed by atoms with van der Waals surface area (Å²) in [6.45, 7) is 4.00. The first-order chi connectivity index (χ1) is 4.30. The lowest BCUT2D eigenvalue weighted by Crippen LogP contribution is -2.04. The number of hydrogen-bond donors (Lipinski definition) is 0. The average molecular weight is 145 g/mol. The van der Waals surface area contributed by atoms with Crippen molar-refractivity contribution in [2.75, 3.05) is 0 Å². The molecular weight excluding hydrogens is 134 g/mol. The Bertz CT molecular complexity index is 201. The lowest BCUT2D eigenvalue weighted by Gasteiger charge is -1.76. The van der Waals surface area contributed by atoms with Crippen LogP contribution in [0.25, 0.3) is 0 Å². The fourth-order valence-electron chi connectivity index (χ4n) is 0.324. The molecule has 0 aliphatic heterocycles. The van der Waals surface area contributed by atoms with Crippen molar-refractivity contribution in [3.05, 3.63) is 21.2 Å². The monoisotopic (exact) mass is 145 g/mol. The Morgan fingerprint density at radius 1 is 1.56 bits per heavy atom. The molecule has 0 spiro atoms. The minimum absolute atomic E-state index is 0.0972. The summed E-state index contributed by atoms with van der Waals surface area (Å²) in [4.78, 5) is 10.5. The van der Waals surface area contributed by atoms with Crippen molar-refractivity contribution in [1.29, 1.82) is 0 Å². The normalized spacial score (nSPS) is 7.89. The van der Waals surface area contributed by atoms with Gasteiger partial charge in [-0.2, -0.15) is 0 Å². The number of thiazole rings is 1. The molecule has 3 heteroatoms. The van der Waals surface area contributed by atoms with E-state index in [4.69, 9.17) is 0 Å². The molecule has 0 fully saturated rings. The molecule has 0 unspecified atom stereocenters. The summed E-state index contributed by atoms with van der Waals surface area (Å²) in [5.74, 6) is 0. The molecule has 0 aromatic carbocycles. The largest absolute Gasteiger partial charge is 0.309 e. The van der Waals surface area contributed by atoms with Crippen LogP contribution in [0.2, 0.25) is 0 Å². The van der Waals surface area contributed by atoms with Gasteiger partial charge in [0.2, 0.25) is 0 Å². The van der Waals surface area contributed by atoms with Crippen molar-refractivity contribution < 1.29 is 0 Å². The van der Waals surface area contributed by atoms with Gasteiger partial charge in [0.15, 0.2) is 0 Å². The highest BCUT2D eigenvalue weighted by molar-refractivity contribution is 7.07. The number of hydrogen-bond acceptors (Lipinski definition) is 2. The third kappa shape index (κ3) is 2.46. The second kappa shape index (κ2) is 4.32. The molecule has 0 N–H and O–H groups in total. The molecule has 0 aliphatic carbocycles. The third-order valence-electron chi connectivity index (χ3n) is 0.741. The first-order valence-electron chi connectivity index (χ1n) is 2.91. The minimum Gasteiger partial charge on any atom is -0.309 e. The summed E-state index contributed by atoms with van der Waals surface area (Å²) in [6.07, 6.45) is 1.74. The topological polar surface area (TPSA) is 22.0 Å². The van der Waals surface area contributed by atoms with Crippen molar-refractivity contribution in [2.24, 2.45) is 7.05 Å². The van der Waals surface area contributed by atoms with Gasteiger partial charge < -0.3 is 4.57 Å². The maximum atomic E-state index is 10.4. The summed E-state index contributed by atoms with van der Waals surface area (Å²) < 4.78 is 1.55. The van der Waals surface area contributed by atoms with E-state index in [0.717, 1.165) is 0 Å². The van der Waals surface area contributed by atoms with E-state index in [1.807, 2.05) is 13.8 Å². The van der Waals surface area contributed by atoms with E-state index >= 15 is 0 Å². The van der Waals surface area contributed by atoms with Crippen molar-refractivity contribution >= 4 is 11.3 Å². The summed E-state index contributed by atoms with van der Waals surface area (Å²) in [6, 6.07) is 0. The Balaban J connectivity index is 0.000000291. The molecule has 1 heterocycles. The molecule has 0 aliphatic rings. The molecule has 0 bridgehead atoms. The van der Waals surface area contributed by atoms with Gasteiger partial charge in [-0.05, 0) is 0 Å². The van der Waals surface area contributed by atoms with Crippen molar-refractivity contribution in [1.82, 2.24) is 4.57 Å². The number of aryl methyl sites for hydroxylation is 1. The molecule has 0 amide bonds. The van der Waals surface area contributed by atoms with Gasteiger partial charge in [-0.15, -0.1) is 0 Å². The third-order valence-corrected chi connectivity index (χ3v) is 1.49. The predicted molar refractivity (Wildman–Crippen MR) is 40.9 cm³/mol. The lowest BCUT2D eigenvalue weighted by atomic mass is 10.9. The fourth-order valence-corrected chi connectivity index (χ4v) is 0.911. The Morgan fingerprint density at radius 2 is 2.11 bits per heavy atom.